The van der Waals surface area contributed by atoms with Gasteiger partial charge in [0.1, 0.15) is 5.82 Å². The number of benzene rings is 2. The standard InChI is InChI=1S/C21H16FN3O2S/c22-15-9-7-14(8-10-15)12-25-20(27)16-4-1-2-5-17(16)24-21(25)28-13-19(26)18-6-3-11-23-18/h1-11,23H,12-13H2. The summed E-state index contributed by atoms with van der Waals surface area (Å²) in [5.74, 6) is -0.265. The first-order chi connectivity index (χ1) is 13.6. The molecule has 0 saturated heterocycles. The highest BCUT2D eigenvalue weighted by molar-refractivity contribution is 7.99. The van der Waals surface area contributed by atoms with Crippen LogP contribution in [-0.2, 0) is 6.54 Å². The number of thioether (sulfide) groups is 1. The van der Waals surface area contributed by atoms with Crippen molar-refractivity contribution in [1.29, 1.82) is 0 Å². The Bertz CT molecular complexity index is 1180. The molecule has 2 heterocycles. The largest absolute Gasteiger partial charge is 0.359 e. The van der Waals surface area contributed by atoms with E-state index >= 15 is 0 Å². The van der Waals surface area contributed by atoms with Gasteiger partial charge in [-0.15, -0.1) is 0 Å². The minimum absolute atomic E-state index is 0.0780. The van der Waals surface area contributed by atoms with Crippen LogP contribution in [0.5, 0.6) is 0 Å². The van der Waals surface area contributed by atoms with Crippen molar-refractivity contribution in [2.75, 3.05) is 5.75 Å². The van der Waals surface area contributed by atoms with Crippen LogP contribution in [0.3, 0.4) is 0 Å². The molecule has 2 aromatic carbocycles. The number of rotatable bonds is 6. The van der Waals surface area contributed by atoms with Gasteiger partial charge in [-0.25, -0.2) is 9.37 Å². The molecule has 28 heavy (non-hydrogen) atoms. The Morgan fingerprint density at radius 2 is 1.86 bits per heavy atom. The number of para-hydroxylation sites is 1. The van der Waals surface area contributed by atoms with E-state index in [1.54, 1.807) is 48.7 Å². The lowest BCUT2D eigenvalue weighted by atomic mass is 10.2. The van der Waals surface area contributed by atoms with Crippen LogP contribution in [0.25, 0.3) is 10.9 Å². The van der Waals surface area contributed by atoms with Gasteiger partial charge in [-0.3, -0.25) is 14.2 Å². The highest BCUT2D eigenvalue weighted by atomic mass is 32.2. The third-order valence-electron chi connectivity index (χ3n) is 4.31. The van der Waals surface area contributed by atoms with E-state index in [0.717, 1.165) is 5.56 Å². The molecular formula is C21H16FN3O2S. The van der Waals surface area contributed by atoms with Crippen molar-refractivity contribution in [2.24, 2.45) is 0 Å². The number of carbonyl (C=O) groups is 1. The molecule has 4 aromatic rings. The van der Waals surface area contributed by atoms with E-state index in [1.165, 1.54) is 28.5 Å². The number of carbonyl (C=O) groups excluding carboxylic acids is 1. The van der Waals surface area contributed by atoms with Crippen LogP contribution in [0, 0.1) is 5.82 Å². The summed E-state index contributed by atoms with van der Waals surface area (Å²) < 4.78 is 14.7. The molecule has 0 fully saturated rings. The van der Waals surface area contributed by atoms with Crippen molar-refractivity contribution in [3.8, 4) is 0 Å². The SMILES string of the molecule is O=C(CSc1nc2ccccc2c(=O)n1Cc1ccc(F)cc1)c1ccc[nH]1. The number of halogens is 1. The van der Waals surface area contributed by atoms with Gasteiger partial charge in [0.25, 0.3) is 5.56 Å². The fourth-order valence-electron chi connectivity index (χ4n) is 2.88. The normalized spacial score (nSPS) is 11.0. The fourth-order valence-corrected chi connectivity index (χ4v) is 3.76. The molecule has 0 radical (unpaired) electrons. The average Bonchev–Trinajstić information content (AvgIpc) is 3.25. The van der Waals surface area contributed by atoms with Gasteiger partial charge in [-0.2, -0.15) is 0 Å². The Morgan fingerprint density at radius 1 is 1.07 bits per heavy atom. The summed E-state index contributed by atoms with van der Waals surface area (Å²) in [5, 5.41) is 0.956. The number of ketones is 1. The molecule has 0 saturated carbocycles. The summed E-state index contributed by atoms with van der Waals surface area (Å²) in [6.45, 7) is 0.246. The number of aromatic nitrogens is 3. The molecule has 0 bridgehead atoms. The Labute approximate surface area is 164 Å². The zero-order chi connectivity index (χ0) is 19.5. The number of nitrogens with one attached hydrogen (secondary N) is 1. The smallest absolute Gasteiger partial charge is 0.262 e. The quantitative estimate of drug-likeness (QED) is 0.307. The van der Waals surface area contributed by atoms with E-state index in [9.17, 15) is 14.0 Å². The third kappa shape index (κ3) is 3.75. The molecule has 0 unspecified atom stereocenters. The van der Waals surface area contributed by atoms with E-state index in [-0.39, 0.29) is 29.5 Å². The molecule has 7 heteroatoms. The molecule has 140 valence electrons. The summed E-state index contributed by atoms with van der Waals surface area (Å²) >= 11 is 1.21. The molecule has 1 N–H and O–H groups in total. The van der Waals surface area contributed by atoms with Crippen LogP contribution in [0.15, 0.2) is 76.8 Å². The molecule has 0 spiro atoms. The van der Waals surface area contributed by atoms with Gasteiger partial charge in [-0.1, -0.05) is 36.0 Å². The zero-order valence-electron chi connectivity index (χ0n) is 14.8. The Morgan fingerprint density at radius 3 is 2.61 bits per heavy atom. The van der Waals surface area contributed by atoms with Gasteiger partial charge in [-0.05, 0) is 42.0 Å². The lowest BCUT2D eigenvalue weighted by Gasteiger charge is -2.13. The minimum atomic E-state index is -0.334. The average molecular weight is 393 g/mol. The van der Waals surface area contributed by atoms with Crippen LogP contribution < -0.4 is 5.56 Å². The second-order valence-electron chi connectivity index (χ2n) is 6.22. The number of hydrogen-bond donors (Lipinski definition) is 1. The molecular weight excluding hydrogens is 377 g/mol. The molecule has 0 aliphatic heterocycles. The monoisotopic (exact) mass is 393 g/mol. The van der Waals surface area contributed by atoms with E-state index in [1.807, 2.05) is 6.07 Å². The highest BCUT2D eigenvalue weighted by Crippen LogP contribution is 2.20. The molecule has 0 aliphatic carbocycles. The van der Waals surface area contributed by atoms with Crippen molar-refractivity contribution in [3.63, 3.8) is 0 Å². The molecule has 2 aromatic heterocycles. The maximum absolute atomic E-state index is 13.2. The second-order valence-corrected chi connectivity index (χ2v) is 7.17. The minimum Gasteiger partial charge on any atom is -0.359 e. The van der Waals surface area contributed by atoms with Gasteiger partial charge in [0.2, 0.25) is 0 Å². The summed E-state index contributed by atoms with van der Waals surface area (Å²) in [7, 11) is 0. The van der Waals surface area contributed by atoms with Crippen molar-refractivity contribution in [2.45, 2.75) is 11.7 Å². The summed E-state index contributed by atoms with van der Waals surface area (Å²) in [6.07, 6.45) is 1.69. The van der Waals surface area contributed by atoms with Crippen molar-refractivity contribution < 1.29 is 9.18 Å². The maximum atomic E-state index is 13.2. The van der Waals surface area contributed by atoms with Crippen LogP contribution in [-0.4, -0.2) is 26.1 Å². The van der Waals surface area contributed by atoms with Gasteiger partial charge in [0, 0.05) is 6.20 Å². The third-order valence-corrected chi connectivity index (χ3v) is 5.29. The molecule has 4 rings (SSSR count). The van der Waals surface area contributed by atoms with Crippen LogP contribution in [0.2, 0.25) is 0 Å². The van der Waals surface area contributed by atoms with Crippen LogP contribution >= 0.6 is 11.8 Å². The lowest BCUT2D eigenvalue weighted by Crippen LogP contribution is -2.24. The summed E-state index contributed by atoms with van der Waals surface area (Å²) in [5.41, 5.74) is 1.68. The number of aromatic amines is 1. The van der Waals surface area contributed by atoms with Gasteiger partial charge < -0.3 is 4.98 Å². The predicted octanol–water partition coefficient (Wildman–Crippen LogP) is 3.89. The summed E-state index contributed by atoms with van der Waals surface area (Å²) in [6, 6.07) is 16.6. The number of fused-ring (bicyclic) bond motifs is 1. The van der Waals surface area contributed by atoms with Crippen LogP contribution in [0.1, 0.15) is 16.1 Å². The lowest BCUT2D eigenvalue weighted by molar-refractivity contribution is 0.101. The van der Waals surface area contributed by atoms with E-state index in [4.69, 9.17) is 0 Å². The van der Waals surface area contributed by atoms with Crippen molar-refractivity contribution in [1.82, 2.24) is 14.5 Å². The number of Topliss-reactive ketones (excluding diaryl/α,β-unsaturated/α-hetero) is 1. The highest BCUT2D eigenvalue weighted by Gasteiger charge is 2.15. The number of nitrogens with zero attached hydrogens (tertiary/aromatic N) is 2. The fraction of sp³-hybridized carbons (Fsp3) is 0.0952. The van der Waals surface area contributed by atoms with Gasteiger partial charge >= 0.3 is 0 Å². The Balaban J connectivity index is 1.71. The first-order valence-corrected chi connectivity index (χ1v) is 9.64. The van der Waals surface area contributed by atoms with Gasteiger partial charge in [0.15, 0.2) is 10.9 Å². The van der Waals surface area contributed by atoms with Crippen LogP contribution in [0.4, 0.5) is 4.39 Å². The first-order valence-electron chi connectivity index (χ1n) is 8.65. The summed E-state index contributed by atoms with van der Waals surface area (Å²) in [4.78, 5) is 32.8. The Hall–Kier alpha value is -3.19. The molecule has 0 atom stereocenters. The molecule has 0 amide bonds. The van der Waals surface area contributed by atoms with Gasteiger partial charge in [0.05, 0.1) is 28.9 Å². The zero-order valence-corrected chi connectivity index (χ0v) is 15.6. The predicted molar refractivity (Wildman–Crippen MR) is 107 cm³/mol. The second kappa shape index (κ2) is 7.82. The van der Waals surface area contributed by atoms with Crippen molar-refractivity contribution >= 4 is 28.4 Å². The molecule has 5 nitrogen and oxygen atoms in total. The maximum Gasteiger partial charge on any atom is 0.262 e. The molecule has 0 aliphatic rings. The number of hydrogen-bond acceptors (Lipinski definition) is 4. The topological polar surface area (TPSA) is 67.8 Å². The number of H-pyrrole nitrogens is 1. The Kier molecular flexibility index (Phi) is 5.08. The van der Waals surface area contributed by atoms with E-state index < -0.39 is 0 Å². The van der Waals surface area contributed by atoms with Crippen molar-refractivity contribution in [3.05, 3.63) is 94.3 Å². The van der Waals surface area contributed by atoms with E-state index in [0.29, 0.717) is 21.8 Å². The van der Waals surface area contributed by atoms with E-state index in [2.05, 4.69) is 9.97 Å². The first kappa shape index (κ1) is 18.2.